The van der Waals surface area contributed by atoms with E-state index in [0.717, 1.165) is 14.5 Å². The molecule has 0 fully saturated rings. The molecule has 0 aliphatic heterocycles. The Hall–Kier alpha value is -2.48. The third-order valence-electron chi connectivity index (χ3n) is 5.07. The van der Waals surface area contributed by atoms with E-state index >= 15 is 0 Å². The molecule has 0 amide bonds. The predicted molar refractivity (Wildman–Crippen MR) is 145 cm³/mol. The second-order valence-corrected chi connectivity index (χ2v) is 11.1. The number of hydrogen-bond donors (Lipinski definition) is 0. The molecule has 0 aliphatic carbocycles. The summed E-state index contributed by atoms with van der Waals surface area (Å²) >= 11 is 13.1. The van der Waals surface area contributed by atoms with Gasteiger partial charge in [0.05, 0.1) is 17.1 Å². The zero-order chi connectivity index (χ0) is 24.5. The van der Waals surface area contributed by atoms with Crippen LogP contribution in [0.3, 0.4) is 0 Å². The first-order valence-electron chi connectivity index (χ1n) is 10.6. The summed E-state index contributed by atoms with van der Waals surface area (Å²) in [6.07, 6.45) is 1.59. The SMILES string of the molecule is CC(C)(C)c1nc2ccc(Br)cc2c(=O)n1N=Cc1cc(Cl)ccc1OCc1ccc(Br)cc1. The molecule has 174 valence electrons. The molecule has 8 heteroatoms. The summed E-state index contributed by atoms with van der Waals surface area (Å²) in [5.74, 6) is 1.17. The maximum atomic E-state index is 13.4. The van der Waals surface area contributed by atoms with E-state index in [1.54, 1.807) is 30.5 Å². The van der Waals surface area contributed by atoms with Crippen LogP contribution in [0.4, 0.5) is 0 Å². The van der Waals surface area contributed by atoms with Crippen molar-refractivity contribution >= 4 is 60.6 Å². The Bertz CT molecular complexity index is 1440. The maximum Gasteiger partial charge on any atom is 0.282 e. The number of benzene rings is 3. The van der Waals surface area contributed by atoms with Crippen LogP contribution in [0.5, 0.6) is 5.75 Å². The van der Waals surface area contributed by atoms with Crippen LogP contribution in [0.1, 0.15) is 37.7 Å². The molecule has 0 aliphatic rings. The number of fused-ring (bicyclic) bond motifs is 1. The van der Waals surface area contributed by atoms with Crippen LogP contribution >= 0.6 is 43.5 Å². The Morgan fingerprint density at radius 3 is 2.44 bits per heavy atom. The zero-order valence-corrected chi connectivity index (χ0v) is 22.8. The first-order valence-corrected chi connectivity index (χ1v) is 12.5. The average Bonchev–Trinajstić information content (AvgIpc) is 2.78. The third kappa shape index (κ3) is 5.59. The first-order chi connectivity index (χ1) is 16.1. The molecule has 5 nitrogen and oxygen atoms in total. The van der Waals surface area contributed by atoms with Gasteiger partial charge in [0.15, 0.2) is 0 Å². The van der Waals surface area contributed by atoms with Crippen molar-refractivity contribution in [3.63, 3.8) is 0 Å². The summed E-state index contributed by atoms with van der Waals surface area (Å²) in [5.41, 5.74) is 1.66. The fourth-order valence-corrected chi connectivity index (χ4v) is 4.16. The third-order valence-corrected chi connectivity index (χ3v) is 6.33. The standard InChI is InChI=1S/C26H22Br2ClN3O2/c1-26(2,3)25-31-22-10-8-19(28)13-21(22)24(33)32(25)30-14-17-12-20(29)9-11-23(17)34-15-16-4-6-18(27)7-5-16/h4-14H,15H2,1-3H3. The number of nitrogens with zero attached hydrogens (tertiary/aromatic N) is 3. The molecular weight excluding hydrogens is 582 g/mol. The Labute approximate surface area is 219 Å². The van der Waals surface area contributed by atoms with Crippen LogP contribution in [0.15, 0.2) is 79.5 Å². The van der Waals surface area contributed by atoms with E-state index in [4.69, 9.17) is 21.3 Å². The Kier molecular flexibility index (Phi) is 7.26. The number of ether oxygens (including phenoxy) is 1. The highest BCUT2D eigenvalue weighted by Crippen LogP contribution is 2.25. The van der Waals surface area contributed by atoms with Crippen molar-refractivity contribution < 1.29 is 4.74 Å². The largest absolute Gasteiger partial charge is 0.488 e. The second-order valence-electron chi connectivity index (χ2n) is 8.81. The highest BCUT2D eigenvalue weighted by atomic mass is 79.9. The van der Waals surface area contributed by atoms with Gasteiger partial charge in [-0.3, -0.25) is 4.79 Å². The normalized spacial score (nSPS) is 11.9. The van der Waals surface area contributed by atoms with Gasteiger partial charge in [0.2, 0.25) is 0 Å². The quantitative estimate of drug-likeness (QED) is 0.225. The maximum absolute atomic E-state index is 13.4. The molecule has 0 saturated heterocycles. The van der Waals surface area contributed by atoms with Crippen LogP contribution in [-0.2, 0) is 12.0 Å². The molecule has 4 rings (SSSR count). The van der Waals surface area contributed by atoms with E-state index in [9.17, 15) is 4.79 Å². The number of rotatable bonds is 5. The Morgan fingerprint density at radius 2 is 1.74 bits per heavy atom. The van der Waals surface area contributed by atoms with Crippen molar-refractivity contribution in [2.75, 3.05) is 0 Å². The lowest BCUT2D eigenvalue weighted by Crippen LogP contribution is -2.29. The summed E-state index contributed by atoms with van der Waals surface area (Å²) in [7, 11) is 0. The van der Waals surface area contributed by atoms with Gasteiger partial charge in [0.25, 0.3) is 5.56 Å². The topological polar surface area (TPSA) is 56.5 Å². The van der Waals surface area contributed by atoms with Crippen LogP contribution in [0.25, 0.3) is 10.9 Å². The minimum absolute atomic E-state index is 0.244. The van der Waals surface area contributed by atoms with Crippen molar-refractivity contribution in [2.24, 2.45) is 5.10 Å². The predicted octanol–water partition coefficient (Wildman–Crippen LogP) is 7.33. The van der Waals surface area contributed by atoms with Crippen molar-refractivity contribution in [3.05, 3.63) is 102 Å². The van der Waals surface area contributed by atoms with Crippen LogP contribution < -0.4 is 10.3 Å². The van der Waals surface area contributed by atoms with Gasteiger partial charge in [-0.1, -0.05) is 76.4 Å². The molecular formula is C26H22Br2ClN3O2. The van der Waals surface area contributed by atoms with Gasteiger partial charge in [0.1, 0.15) is 18.2 Å². The summed E-state index contributed by atoms with van der Waals surface area (Å²) in [6, 6.07) is 18.7. The van der Waals surface area contributed by atoms with Crippen molar-refractivity contribution in [1.82, 2.24) is 9.66 Å². The van der Waals surface area contributed by atoms with Crippen LogP contribution in [-0.4, -0.2) is 15.9 Å². The van der Waals surface area contributed by atoms with Gasteiger partial charge >= 0.3 is 0 Å². The minimum Gasteiger partial charge on any atom is -0.488 e. The highest BCUT2D eigenvalue weighted by Gasteiger charge is 2.23. The summed E-state index contributed by atoms with van der Waals surface area (Å²) in [6.45, 7) is 6.38. The van der Waals surface area contributed by atoms with Gasteiger partial charge in [-0.15, -0.1) is 0 Å². The van der Waals surface area contributed by atoms with E-state index in [1.165, 1.54) is 4.68 Å². The molecule has 0 spiro atoms. The van der Waals surface area contributed by atoms with Gasteiger partial charge < -0.3 is 4.74 Å². The summed E-state index contributed by atoms with van der Waals surface area (Å²) < 4.78 is 9.21. The molecule has 0 atom stereocenters. The summed E-state index contributed by atoms with van der Waals surface area (Å²) in [5, 5.41) is 5.57. The van der Waals surface area contributed by atoms with E-state index in [1.807, 2.05) is 57.2 Å². The fraction of sp³-hybridized carbons (Fsp3) is 0.192. The van der Waals surface area contributed by atoms with Gasteiger partial charge in [0, 0.05) is 24.9 Å². The average molecular weight is 604 g/mol. The van der Waals surface area contributed by atoms with E-state index in [-0.39, 0.29) is 5.56 Å². The molecule has 4 aromatic rings. The molecule has 0 radical (unpaired) electrons. The van der Waals surface area contributed by atoms with E-state index < -0.39 is 5.41 Å². The van der Waals surface area contributed by atoms with Crippen molar-refractivity contribution in [1.29, 1.82) is 0 Å². The molecule has 1 aromatic heterocycles. The molecule has 0 N–H and O–H groups in total. The lowest BCUT2D eigenvalue weighted by molar-refractivity contribution is 0.306. The van der Waals surface area contributed by atoms with Gasteiger partial charge in [-0.2, -0.15) is 9.78 Å². The minimum atomic E-state index is -0.410. The van der Waals surface area contributed by atoms with Crippen LogP contribution in [0.2, 0.25) is 5.02 Å². The molecule has 0 saturated carbocycles. The van der Waals surface area contributed by atoms with Crippen molar-refractivity contribution in [2.45, 2.75) is 32.8 Å². The molecule has 0 bridgehead atoms. The van der Waals surface area contributed by atoms with Gasteiger partial charge in [-0.05, 0) is 54.1 Å². The zero-order valence-electron chi connectivity index (χ0n) is 18.8. The number of hydrogen-bond acceptors (Lipinski definition) is 4. The number of aromatic nitrogens is 2. The molecule has 34 heavy (non-hydrogen) atoms. The number of halogens is 3. The van der Waals surface area contributed by atoms with E-state index in [2.05, 4.69) is 37.0 Å². The summed E-state index contributed by atoms with van der Waals surface area (Å²) in [4.78, 5) is 18.1. The van der Waals surface area contributed by atoms with Gasteiger partial charge in [-0.25, -0.2) is 4.98 Å². The van der Waals surface area contributed by atoms with E-state index in [0.29, 0.717) is 39.7 Å². The monoisotopic (exact) mass is 601 g/mol. The smallest absolute Gasteiger partial charge is 0.282 e. The highest BCUT2D eigenvalue weighted by molar-refractivity contribution is 9.10. The molecule has 3 aromatic carbocycles. The fourth-order valence-electron chi connectivity index (χ4n) is 3.35. The first kappa shape index (κ1) is 24.6. The lowest BCUT2D eigenvalue weighted by Gasteiger charge is -2.21. The lowest BCUT2D eigenvalue weighted by atomic mass is 9.95. The Morgan fingerprint density at radius 1 is 1.03 bits per heavy atom. The molecule has 0 unspecified atom stereocenters. The second kappa shape index (κ2) is 10.0. The van der Waals surface area contributed by atoms with Crippen molar-refractivity contribution in [3.8, 4) is 5.75 Å². The Balaban J connectivity index is 1.75. The van der Waals surface area contributed by atoms with Crippen LogP contribution in [0, 0.1) is 0 Å². The molecule has 1 heterocycles.